The zero-order valence-electron chi connectivity index (χ0n) is 18.4. The quantitative estimate of drug-likeness (QED) is 0.341. The molecule has 1 amide bonds. The van der Waals surface area contributed by atoms with Gasteiger partial charge in [0.25, 0.3) is 0 Å². The summed E-state index contributed by atoms with van der Waals surface area (Å²) in [7, 11) is 0. The van der Waals surface area contributed by atoms with Crippen LogP contribution < -0.4 is 15.8 Å². The lowest BCUT2D eigenvalue weighted by Gasteiger charge is -2.36. The van der Waals surface area contributed by atoms with Crippen LogP contribution in [0.15, 0.2) is 53.0 Å². The lowest BCUT2D eigenvalue weighted by atomic mass is 9.71. The highest BCUT2D eigenvalue weighted by Gasteiger charge is 2.35. The Balaban J connectivity index is 1.52. The number of ether oxygens (including phenoxy) is 1. The number of esters is 1. The molecule has 1 aliphatic rings. The summed E-state index contributed by atoms with van der Waals surface area (Å²) >= 11 is 3.33. The Hall–Kier alpha value is -2.71. The molecule has 0 aromatic heterocycles. The number of carboxylic acids is 1. The number of carbonyl (C=O) groups is 3. The SMILES string of the molecule is N[C@H](Cc1ccc(OC(=O)c2ccccc2Br)cc1)C(=O)NCC1(CC(=O)O)CCCCC1. The van der Waals surface area contributed by atoms with Gasteiger partial charge in [-0.1, -0.05) is 43.5 Å². The average Bonchev–Trinajstić information content (AvgIpc) is 2.79. The second-order valence-corrected chi connectivity index (χ2v) is 9.53. The van der Waals surface area contributed by atoms with Crippen molar-refractivity contribution in [1.82, 2.24) is 5.32 Å². The lowest BCUT2D eigenvalue weighted by molar-refractivity contribution is -0.140. The Morgan fingerprint density at radius 1 is 1.06 bits per heavy atom. The van der Waals surface area contributed by atoms with E-state index in [1.54, 1.807) is 42.5 Å². The van der Waals surface area contributed by atoms with Gasteiger partial charge in [-0.15, -0.1) is 0 Å². The van der Waals surface area contributed by atoms with Crippen molar-refractivity contribution < 1.29 is 24.2 Å². The normalized spacial score (nSPS) is 15.9. The van der Waals surface area contributed by atoms with E-state index in [1.807, 2.05) is 6.07 Å². The van der Waals surface area contributed by atoms with E-state index in [0.29, 0.717) is 28.8 Å². The first kappa shape index (κ1) is 24.9. The molecule has 1 fully saturated rings. The minimum atomic E-state index is -0.837. The predicted molar refractivity (Wildman–Crippen MR) is 128 cm³/mol. The number of rotatable bonds is 9. The maximum absolute atomic E-state index is 12.6. The summed E-state index contributed by atoms with van der Waals surface area (Å²) in [4.78, 5) is 36.2. The standard InChI is InChI=1S/C25H29BrN2O5/c26-20-7-3-2-6-19(20)24(32)33-18-10-8-17(9-11-18)14-21(27)23(31)28-16-25(15-22(29)30)12-4-1-5-13-25/h2-3,6-11,21H,1,4-5,12-16,27H2,(H,28,31)(H,29,30)/t21-/m1/s1. The monoisotopic (exact) mass is 516 g/mol. The molecule has 176 valence electrons. The Kier molecular flexibility index (Phi) is 8.63. The van der Waals surface area contributed by atoms with Crippen LogP contribution in [0.5, 0.6) is 5.75 Å². The third kappa shape index (κ3) is 7.14. The molecular weight excluding hydrogens is 488 g/mol. The van der Waals surface area contributed by atoms with Crippen LogP contribution >= 0.6 is 15.9 Å². The number of carboxylic acid groups (broad SMARTS) is 1. The van der Waals surface area contributed by atoms with Gasteiger partial charge >= 0.3 is 11.9 Å². The Bertz CT molecular complexity index is 987. The van der Waals surface area contributed by atoms with Crippen LogP contribution in [0.1, 0.15) is 54.4 Å². The van der Waals surface area contributed by atoms with Crippen LogP contribution in [0.3, 0.4) is 0 Å². The fourth-order valence-corrected chi connectivity index (χ4v) is 4.72. The zero-order chi connectivity index (χ0) is 23.8. The summed E-state index contributed by atoms with van der Waals surface area (Å²) in [6, 6.07) is 13.1. The van der Waals surface area contributed by atoms with E-state index in [4.69, 9.17) is 10.5 Å². The highest BCUT2D eigenvalue weighted by molar-refractivity contribution is 9.10. The molecule has 8 heteroatoms. The third-order valence-electron chi connectivity index (χ3n) is 6.10. The Morgan fingerprint density at radius 3 is 2.36 bits per heavy atom. The molecule has 7 nitrogen and oxygen atoms in total. The van der Waals surface area contributed by atoms with Crippen LogP contribution in [0.25, 0.3) is 0 Å². The summed E-state index contributed by atoms with van der Waals surface area (Å²) in [5.41, 5.74) is 6.97. The van der Waals surface area contributed by atoms with Gasteiger partial charge in [0.2, 0.25) is 5.91 Å². The molecule has 33 heavy (non-hydrogen) atoms. The zero-order valence-corrected chi connectivity index (χ0v) is 20.0. The highest BCUT2D eigenvalue weighted by atomic mass is 79.9. The van der Waals surface area contributed by atoms with Crippen LogP contribution in [0.4, 0.5) is 0 Å². The minimum Gasteiger partial charge on any atom is -0.481 e. The first-order valence-corrected chi connectivity index (χ1v) is 11.9. The van der Waals surface area contributed by atoms with Gasteiger partial charge in [-0.05, 0) is 70.4 Å². The van der Waals surface area contributed by atoms with E-state index in [1.165, 1.54) is 0 Å². The van der Waals surface area contributed by atoms with Gasteiger partial charge in [-0.2, -0.15) is 0 Å². The molecule has 1 atom stereocenters. The lowest BCUT2D eigenvalue weighted by Crippen LogP contribution is -2.47. The minimum absolute atomic E-state index is 0.0578. The van der Waals surface area contributed by atoms with E-state index in [-0.39, 0.29) is 12.3 Å². The summed E-state index contributed by atoms with van der Waals surface area (Å²) in [6.45, 7) is 0.329. The van der Waals surface area contributed by atoms with Gasteiger partial charge in [0.15, 0.2) is 0 Å². The maximum Gasteiger partial charge on any atom is 0.344 e. The number of carbonyl (C=O) groups excluding carboxylic acids is 2. The van der Waals surface area contributed by atoms with Crippen molar-refractivity contribution in [2.45, 2.75) is 51.0 Å². The number of nitrogens with one attached hydrogen (secondary N) is 1. The van der Waals surface area contributed by atoms with Gasteiger partial charge in [-0.3, -0.25) is 9.59 Å². The molecule has 4 N–H and O–H groups in total. The maximum atomic E-state index is 12.6. The number of halogens is 1. The second-order valence-electron chi connectivity index (χ2n) is 8.67. The molecule has 1 saturated carbocycles. The topological polar surface area (TPSA) is 119 Å². The highest BCUT2D eigenvalue weighted by Crippen LogP contribution is 2.38. The van der Waals surface area contributed by atoms with Gasteiger partial charge in [0, 0.05) is 11.0 Å². The molecule has 0 spiro atoms. The van der Waals surface area contributed by atoms with E-state index in [2.05, 4.69) is 21.2 Å². The van der Waals surface area contributed by atoms with Crippen molar-refractivity contribution in [3.8, 4) is 5.75 Å². The van der Waals surface area contributed by atoms with Crippen LogP contribution in [0.2, 0.25) is 0 Å². The first-order chi connectivity index (χ1) is 15.8. The van der Waals surface area contributed by atoms with Gasteiger partial charge in [0.05, 0.1) is 18.0 Å². The predicted octanol–water partition coefficient (Wildman–Crippen LogP) is 4.08. The molecule has 0 bridgehead atoms. The van der Waals surface area contributed by atoms with Crippen molar-refractivity contribution in [1.29, 1.82) is 0 Å². The van der Waals surface area contributed by atoms with Gasteiger partial charge < -0.3 is 20.9 Å². The van der Waals surface area contributed by atoms with E-state index >= 15 is 0 Å². The van der Waals surface area contributed by atoms with Gasteiger partial charge in [0.1, 0.15) is 5.75 Å². The van der Waals surface area contributed by atoms with Crippen molar-refractivity contribution >= 4 is 33.8 Å². The molecule has 2 aromatic rings. The molecule has 1 aliphatic carbocycles. The van der Waals surface area contributed by atoms with E-state index in [0.717, 1.165) is 37.7 Å². The molecule has 3 rings (SSSR count). The van der Waals surface area contributed by atoms with Crippen LogP contribution in [0, 0.1) is 5.41 Å². The molecule has 0 heterocycles. The van der Waals surface area contributed by atoms with E-state index in [9.17, 15) is 19.5 Å². The van der Waals surface area contributed by atoms with E-state index < -0.39 is 23.4 Å². The van der Waals surface area contributed by atoms with Crippen molar-refractivity contribution in [2.75, 3.05) is 6.54 Å². The summed E-state index contributed by atoms with van der Waals surface area (Å²) in [5, 5.41) is 12.2. The fraction of sp³-hybridized carbons (Fsp3) is 0.400. The Labute approximate surface area is 201 Å². The molecule has 0 aliphatic heterocycles. The van der Waals surface area contributed by atoms with Gasteiger partial charge in [-0.25, -0.2) is 4.79 Å². The van der Waals surface area contributed by atoms with Crippen LogP contribution in [-0.4, -0.2) is 35.5 Å². The third-order valence-corrected chi connectivity index (χ3v) is 6.79. The number of nitrogens with two attached hydrogens (primary N) is 1. The fourth-order valence-electron chi connectivity index (χ4n) is 4.27. The van der Waals surface area contributed by atoms with Crippen molar-refractivity contribution in [3.05, 3.63) is 64.1 Å². The molecule has 0 unspecified atom stereocenters. The second kappa shape index (κ2) is 11.4. The first-order valence-electron chi connectivity index (χ1n) is 11.1. The summed E-state index contributed by atoms with van der Waals surface area (Å²) in [6.07, 6.45) is 5.03. The molecule has 0 radical (unpaired) electrons. The largest absolute Gasteiger partial charge is 0.481 e. The number of hydrogen-bond acceptors (Lipinski definition) is 5. The number of amides is 1. The number of aliphatic carboxylic acids is 1. The smallest absolute Gasteiger partial charge is 0.344 e. The van der Waals surface area contributed by atoms with Crippen molar-refractivity contribution in [2.24, 2.45) is 11.1 Å². The number of benzene rings is 2. The molecule has 0 saturated heterocycles. The summed E-state index contributed by atoms with van der Waals surface area (Å²) < 4.78 is 6.06. The molecular formula is C25H29BrN2O5. The molecule has 2 aromatic carbocycles. The number of hydrogen-bond donors (Lipinski definition) is 3. The average molecular weight is 517 g/mol. The van der Waals surface area contributed by atoms with Crippen molar-refractivity contribution in [3.63, 3.8) is 0 Å². The summed E-state index contributed by atoms with van der Waals surface area (Å²) in [5.74, 6) is -1.21. The Morgan fingerprint density at radius 2 is 1.73 bits per heavy atom. The van der Waals surface area contributed by atoms with Crippen LogP contribution in [-0.2, 0) is 16.0 Å².